The van der Waals surface area contributed by atoms with Gasteiger partial charge in [0.2, 0.25) is 5.91 Å². The zero-order valence-corrected chi connectivity index (χ0v) is 10.6. The molecule has 0 aromatic carbocycles. The molecule has 0 bridgehead atoms. The second-order valence-corrected chi connectivity index (χ2v) is 4.92. The summed E-state index contributed by atoms with van der Waals surface area (Å²) in [5, 5.41) is 2.80. The van der Waals surface area contributed by atoms with Crippen molar-refractivity contribution in [3.05, 3.63) is 0 Å². The SMILES string of the molecule is CSCCCNC(=O)N1CCCCCC1=O. The number of rotatable bonds is 4. The molecule has 0 radical (unpaired) electrons. The molecule has 1 heterocycles. The maximum absolute atomic E-state index is 11.7. The molecule has 0 unspecified atom stereocenters. The zero-order chi connectivity index (χ0) is 11.8. The molecule has 0 aromatic heterocycles. The van der Waals surface area contributed by atoms with Crippen molar-refractivity contribution in [1.82, 2.24) is 10.2 Å². The summed E-state index contributed by atoms with van der Waals surface area (Å²) in [5.74, 6) is 1.01. The highest BCUT2D eigenvalue weighted by atomic mass is 32.2. The molecule has 1 fully saturated rings. The summed E-state index contributed by atoms with van der Waals surface area (Å²) in [6.45, 7) is 1.23. The Balaban J connectivity index is 2.30. The van der Waals surface area contributed by atoms with E-state index in [-0.39, 0.29) is 11.9 Å². The predicted octanol–water partition coefficient (Wildman–Crippen LogP) is 1.85. The molecule has 0 spiro atoms. The van der Waals surface area contributed by atoms with Crippen LogP contribution in [0, 0.1) is 0 Å². The van der Waals surface area contributed by atoms with E-state index in [1.165, 1.54) is 4.90 Å². The molecule has 1 rings (SSSR count). The van der Waals surface area contributed by atoms with E-state index in [4.69, 9.17) is 0 Å². The van der Waals surface area contributed by atoms with Gasteiger partial charge in [-0.2, -0.15) is 11.8 Å². The summed E-state index contributed by atoms with van der Waals surface area (Å²) >= 11 is 1.76. The van der Waals surface area contributed by atoms with E-state index in [9.17, 15) is 9.59 Å². The maximum atomic E-state index is 11.7. The van der Waals surface area contributed by atoms with E-state index in [0.717, 1.165) is 31.4 Å². The van der Waals surface area contributed by atoms with Gasteiger partial charge in [0.05, 0.1) is 0 Å². The van der Waals surface area contributed by atoms with Crippen LogP contribution in [-0.4, -0.2) is 41.9 Å². The van der Waals surface area contributed by atoms with E-state index < -0.39 is 0 Å². The molecule has 92 valence electrons. The van der Waals surface area contributed by atoms with Gasteiger partial charge in [0.15, 0.2) is 0 Å². The molecule has 0 saturated carbocycles. The molecular formula is C11H20N2O2S. The van der Waals surface area contributed by atoms with Crippen molar-refractivity contribution in [2.75, 3.05) is 25.1 Å². The normalized spacial score (nSPS) is 17.1. The van der Waals surface area contributed by atoms with Gasteiger partial charge < -0.3 is 5.32 Å². The Morgan fingerprint density at radius 1 is 1.44 bits per heavy atom. The molecular weight excluding hydrogens is 224 g/mol. The monoisotopic (exact) mass is 244 g/mol. The third kappa shape index (κ3) is 4.43. The van der Waals surface area contributed by atoms with Crippen LogP contribution in [-0.2, 0) is 4.79 Å². The van der Waals surface area contributed by atoms with Gasteiger partial charge >= 0.3 is 6.03 Å². The van der Waals surface area contributed by atoms with Crippen molar-refractivity contribution in [2.45, 2.75) is 32.1 Å². The number of nitrogens with zero attached hydrogens (tertiary/aromatic N) is 1. The fraction of sp³-hybridized carbons (Fsp3) is 0.818. The largest absolute Gasteiger partial charge is 0.338 e. The zero-order valence-electron chi connectivity index (χ0n) is 9.83. The van der Waals surface area contributed by atoms with Crippen molar-refractivity contribution in [2.24, 2.45) is 0 Å². The van der Waals surface area contributed by atoms with Crippen LogP contribution in [0.2, 0.25) is 0 Å². The van der Waals surface area contributed by atoms with E-state index in [1.54, 1.807) is 11.8 Å². The average molecular weight is 244 g/mol. The van der Waals surface area contributed by atoms with E-state index >= 15 is 0 Å². The van der Waals surface area contributed by atoms with Gasteiger partial charge in [0, 0.05) is 19.5 Å². The number of hydrogen-bond donors (Lipinski definition) is 1. The molecule has 0 aromatic rings. The molecule has 16 heavy (non-hydrogen) atoms. The Morgan fingerprint density at radius 3 is 3.00 bits per heavy atom. The van der Waals surface area contributed by atoms with E-state index in [1.807, 2.05) is 6.26 Å². The highest BCUT2D eigenvalue weighted by Gasteiger charge is 2.22. The van der Waals surface area contributed by atoms with Gasteiger partial charge in [0.1, 0.15) is 0 Å². The van der Waals surface area contributed by atoms with Crippen molar-refractivity contribution < 1.29 is 9.59 Å². The van der Waals surface area contributed by atoms with Crippen molar-refractivity contribution in [3.63, 3.8) is 0 Å². The number of hydrogen-bond acceptors (Lipinski definition) is 3. The second kappa shape index (κ2) is 7.54. The minimum Gasteiger partial charge on any atom is -0.338 e. The van der Waals surface area contributed by atoms with Crippen LogP contribution < -0.4 is 5.32 Å². The molecule has 4 nitrogen and oxygen atoms in total. The Labute approximate surface area is 101 Å². The Kier molecular flexibility index (Phi) is 6.30. The number of imide groups is 1. The first kappa shape index (κ1) is 13.4. The van der Waals surface area contributed by atoms with Crippen LogP contribution in [0.5, 0.6) is 0 Å². The highest BCUT2D eigenvalue weighted by molar-refractivity contribution is 7.98. The lowest BCUT2D eigenvalue weighted by molar-refractivity contribution is -0.127. The summed E-state index contributed by atoms with van der Waals surface area (Å²) in [6, 6.07) is -0.215. The molecule has 1 N–H and O–H groups in total. The first-order valence-corrected chi connectivity index (χ1v) is 7.22. The number of thioether (sulfide) groups is 1. The molecule has 1 aliphatic rings. The Hall–Kier alpha value is -0.710. The number of likely N-dealkylation sites (tertiary alicyclic amines) is 1. The maximum Gasteiger partial charge on any atom is 0.324 e. The number of urea groups is 1. The quantitative estimate of drug-likeness (QED) is 0.768. The van der Waals surface area contributed by atoms with Crippen LogP contribution in [0.1, 0.15) is 32.1 Å². The minimum absolute atomic E-state index is 0.0279. The van der Waals surface area contributed by atoms with Crippen molar-refractivity contribution in [3.8, 4) is 0 Å². The second-order valence-electron chi connectivity index (χ2n) is 3.93. The van der Waals surface area contributed by atoms with Crippen LogP contribution >= 0.6 is 11.8 Å². The van der Waals surface area contributed by atoms with Gasteiger partial charge in [-0.3, -0.25) is 9.69 Å². The average Bonchev–Trinajstić information content (AvgIpc) is 2.49. The lowest BCUT2D eigenvalue weighted by Crippen LogP contribution is -2.43. The molecule has 0 atom stereocenters. The van der Waals surface area contributed by atoms with Crippen molar-refractivity contribution in [1.29, 1.82) is 0 Å². The molecule has 3 amide bonds. The van der Waals surface area contributed by atoms with Gasteiger partial charge in [-0.25, -0.2) is 4.79 Å². The van der Waals surface area contributed by atoms with Gasteiger partial charge in [-0.1, -0.05) is 6.42 Å². The third-order valence-electron chi connectivity index (χ3n) is 2.62. The van der Waals surface area contributed by atoms with Crippen molar-refractivity contribution >= 4 is 23.7 Å². The summed E-state index contributed by atoms with van der Waals surface area (Å²) in [6.07, 6.45) is 6.40. The third-order valence-corrected chi connectivity index (χ3v) is 3.32. The van der Waals surface area contributed by atoms with Crippen LogP contribution in [0.25, 0.3) is 0 Å². The van der Waals surface area contributed by atoms with Crippen LogP contribution in [0.15, 0.2) is 0 Å². The highest BCUT2D eigenvalue weighted by Crippen LogP contribution is 2.11. The Bertz CT molecular complexity index is 246. The summed E-state index contributed by atoms with van der Waals surface area (Å²) in [7, 11) is 0. The lowest BCUT2D eigenvalue weighted by atomic mass is 10.2. The molecule has 5 heteroatoms. The number of carbonyl (C=O) groups excluding carboxylic acids is 2. The molecule has 1 aliphatic heterocycles. The summed E-state index contributed by atoms with van der Waals surface area (Å²) in [5.41, 5.74) is 0. The summed E-state index contributed by atoms with van der Waals surface area (Å²) in [4.78, 5) is 24.7. The van der Waals surface area contributed by atoms with E-state index in [2.05, 4.69) is 5.32 Å². The first-order chi connectivity index (χ1) is 7.75. The molecule has 0 aliphatic carbocycles. The number of amides is 3. The fourth-order valence-corrected chi connectivity index (χ4v) is 2.14. The summed E-state index contributed by atoms with van der Waals surface area (Å²) < 4.78 is 0. The minimum atomic E-state index is -0.215. The lowest BCUT2D eigenvalue weighted by Gasteiger charge is -2.18. The van der Waals surface area contributed by atoms with Crippen LogP contribution in [0.3, 0.4) is 0 Å². The first-order valence-electron chi connectivity index (χ1n) is 5.83. The standard InChI is InChI=1S/C11H20N2O2S/c1-16-9-5-7-12-11(15)13-8-4-2-3-6-10(13)14/h2-9H2,1H3,(H,12,15). The van der Waals surface area contributed by atoms with Gasteiger partial charge in [-0.15, -0.1) is 0 Å². The smallest absolute Gasteiger partial charge is 0.324 e. The fourth-order valence-electron chi connectivity index (χ4n) is 1.70. The van der Waals surface area contributed by atoms with E-state index in [0.29, 0.717) is 19.5 Å². The Morgan fingerprint density at radius 2 is 2.25 bits per heavy atom. The predicted molar refractivity (Wildman–Crippen MR) is 66.6 cm³/mol. The number of carbonyl (C=O) groups is 2. The molecule has 1 saturated heterocycles. The topological polar surface area (TPSA) is 49.4 Å². The van der Waals surface area contributed by atoms with Gasteiger partial charge in [0.25, 0.3) is 0 Å². The van der Waals surface area contributed by atoms with Crippen LogP contribution in [0.4, 0.5) is 4.79 Å². The number of nitrogens with one attached hydrogen (secondary N) is 1. The van der Waals surface area contributed by atoms with Gasteiger partial charge in [-0.05, 0) is 31.3 Å².